The van der Waals surface area contributed by atoms with Crippen molar-refractivity contribution in [2.75, 3.05) is 0 Å². The summed E-state index contributed by atoms with van der Waals surface area (Å²) in [6.07, 6.45) is 3.89. The first-order chi connectivity index (χ1) is 15.7. The molecule has 0 saturated carbocycles. The van der Waals surface area contributed by atoms with E-state index in [0.717, 1.165) is 42.6 Å². The predicted molar refractivity (Wildman–Crippen MR) is 138 cm³/mol. The number of aromatic nitrogens is 1. The Morgan fingerprint density at radius 3 is 2.53 bits per heavy atom. The highest BCUT2D eigenvalue weighted by Gasteiger charge is 2.32. The fraction of sp³-hybridized carbons (Fsp3) is 0.111. The van der Waals surface area contributed by atoms with E-state index in [-0.39, 0.29) is 11.6 Å². The van der Waals surface area contributed by atoms with E-state index in [1.54, 1.807) is 0 Å². The minimum Gasteiger partial charge on any atom is -0.272 e. The maximum absolute atomic E-state index is 13.7. The Balaban J connectivity index is 1.65. The van der Waals surface area contributed by atoms with E-state index in [1.807, 2.05) is 28.8 Å². The summed E-state index contributed by atoms with van der Waals surface area (Å²) in [5, 5.41) is 0. The molecule has 4 aromatic rings. The monoisotopic (exact) mass is 546 g/mol. The van der Waals surface area contributed by atoms with Gasteiger partial charge >= 0.3 is 0 Å². The van der Waals surface area contributed by atoms with Crippen LogP contribution in [0.1, 0.15) is 34.7 Å². The van der Waals surface area contributed by atoms with Gasteiger partial charge in [-0.05, 0) is 69.8 Å². The maximum Gasteiger partial charge on any atom is 0.271 e. The van der Waals surface area contributed by atoms with Gasteiger partial charge in [-0.3, -0.25) is 9.36 Å². The largest absolute Gasteiger partial charge is 0.272 e. The quantitative estimate of drug-likeness (QED) is 0.329. The van der Waals surface area contributed by atoms with Crippen molar-refractivity contribution in [3.05, 3.63) is 130 Å². The summed E-state index contributed by atoms with van der Waals surface area (Å²) in [5.41, 5.74) is 7.04. The molecule has 0 N–H and O–H groups in total. The van der Waals surface area contributed by atoms with Gasteiger partial charge in [-0.1, -0.05) is 84.1 Å². The van der Waals surface area contributed by atoms with Gasteiger partial charge in [0.1, 0.15) is 0 Å². The van der Waals surface area contributed by atoms with Gasteiger partial charge < -0.3 is 0 Å². The average Bonchev–Trinajstić information content (AvgIpc) is 3.14. The molecule has 0 saturated heterocycles. The highest BCUT2D eigenvalue weighted by atomic mass is 127. The summed E-state index contributed by atoms with van der Waals surface area (Å²) >= 11 is 3.80. The molecule has 32 heavy (non-hydrogen) atoms. The van der Waals surface area contributed by atoms with Crippen LogP contribution in [-0.4, -0.2) is 4.57 Å². The zero-order valence-corrected chi connectivity index (χ0v) is 20.1. The second-order valence-electron chi connectivity index (χ2n) is 8.05. The van der Waals surface area contributed by atoms with Gasteiger partial charge in [-0.25, -0.2) is 4.99 Å². The molecule has 1 atom stereocenters. The minimum atomic E-state index is -0.118. The van der Waals surface area contributed by atoms with E-state index in [4.69, 9.17) is 4.99 Å². The van der Waals surface area contributed by atoms with Crippen LogP contribution in [0, 0.1) is 3.57 Å². The molecule has 0 fully saturated rings. The third-order valence-electron chi connectivity index (χ3n) is 6.18. The fourth-order valence-electron chi connectivity index (χ4n) is 4.69. The number of aryl methyl sites for hydroxylation is 1. The number of hydrogen-bond donors (Lipinski definition) is 0. The molecule has 1 unspecified atom stereocenters. The van der Waals surface area contributed by atoms with Gasteiger partial charge in [0, 0.05) is 9.13 Å². The molecule has 156 valence electrons. The molecule has 1 aliphatic carbocycles. The van der Waals surface area contributed by atoms with Crippen LogP contribution in [0.3, 0.4) is 0 Å². The first-order valence-corrected chi connectivity index (χ1v) is 12.5. The van der Waals surface area contributed by atoms with Crippen LogP contribution in [0.25, 0.3) is 11.8 Å². The molecular weight excluding hydrogens is 527 g/mol. The lowest BCUT2D eigenvalue weighted by atomic mass is 9.83. The Bertz CT molecular complexity index is 1560. The van der Waals surface area contributed by atoms with E-state index in [0.29, 0.717) is 0 Å². The number of thiazole rings is 1. The fourth-order valence-corrected chi connectivity index (χ4v) is 6.23. The lowest BCUT2D eigenvalue weighted by molar-refractivity contribution is 0.585. The van der Waals surface area contributed by atoms with Gasteiger partial charge in [0.25, 0.3) is 5.56 Å². The molecular formula is C27H19IN2OS. The van der Waals surface area contributed by atoms with Gasteiger partial charge in [0.05, 0.1) is 16.3 Å². The second-order valence-corrected chi connectivity index (χ2v) is 10.2. The number of rotatable bonds is 2. The van der Waals surface area contributed by atoms with Crippen molar-refractivity contribution in [1.82, 2.24) is 4.57 Å². The number of hydrogen-bond acceptors (Lipinski definition) is 3. The number of nitrogens with zero attached hydrogens (tertiary/aromatic N) is 2. The lowest BCUT2D eigenvalue weighted by Crippen LogP contribution is -2.38. The summed E-state index contributed by atoms with van der Waals surface area (Å²) in [5.74, 6) is 0. The molecule has 1 aliphatic heterocycles. The Labute approximate surface area is 203 Å². The average molecular weight is 546 g/mol. The highest BCUT2D eigenvalue weighted by Crippen LogP contribution is 2.41. The Morgan fingerprint density at radius 2 is 1.69 bits per heavy atom. The smallest absolute Gasteiger partial charge is 0.271 e. The van der Waals surface area contributed by atoms with E-state index in [2.05, 4.69) is 83.3 Å². The molecule has 5 heteroatoms. The third-order valence-corrected chi connectivity index (χ3v) is 8.15. The van der Waals surface area contributed by atoms with Gasteiger partial charge in [0.15, 0.2) is 4.80 Å². The normalized spacial score (nSPS) is 17.4. The molecule has 0 radical (unpaired) electrons. The zero-order valence-electron chi connectivity index (χ0n) is 17.2. The minimum absolute atomic E-state index is 0.0349. The van der Waals surface area contributed by atoms with Crippen LogP contribution in [0.5, 0.6) is 0 Å². The number of halogens is 1. The molecule has 2 heterocycles. The standard InChI is InChI=1S/C27H19IN2OS/c28-22-13-7-5-11-19(22)16-23-26(31)30-25(18-9-2-1-3-10-18)21-15-14-17-8-4-6-12-20(17)24(21)29-27(30)32-23/h1-13,16,25H,14-15H2. The van der Waals surface area contributed by atoms with Crippen LogP contribution >= 0.6 is 33.9 Å². The molecule has 6 rings (SSSR count). The molecule has 0 amide bonds. The van der Waals surface area contributed by atoms with Crippen LogP contribution < -0.4 is 14.9 Å². The summed E-state index contributed by atoms with van der Waals surface area (Å²) in [4.78, 5) is 19.5. The van der Waals surface area contributed by atoms with Crippen molar-refractivity contribution < 1.29 is 0 Å². The van der Waals surface area contributed by atoms with Gasteiger partial charge in [0.2, 0.25) is 0 Å². The maximum atomic E-state index is 13.7. The van der Waals surface area contributed by atoms with Crippen LogP contribution in [0.2, 0.25) is 0 Å². The van der Waals surface area contributed by atoms with Crippen molar-refractivity contribution in [3.63, 3.8) is 0 Å². The first kappa shape index (κ1) is 19.9. The Hall–Kier alpha value is -2.77. The van der Waals surface area contributed by atoms with Crippen LogP contribution in [0.15, 0.2) is 94.2 Å². The molecule has 0 spiro atoms. The lowest BCUT2D eigenvalue weighted by Gasteiger charge is -2.30. The van der Waals surface area contributed by atoms with E-state index < -0.39 is 0 Å². The number of allylic oxidation sites excluding steroid dienone is 1. The predicted octanol–water partition coefficient (Wildman–Crippen LogP) is 4.92. The summed E-state index contributed by atoms with van der Waals surface area (Å²) in [6, 6.07) is 26.9. The summed E-state index contributed by atoms with van der Waals surface area (Å²) in [7, 11) is 0. The molecule has 3 nitrogen and oxygen atoms in total. The Kier molecular flexibility index (Phi) is 4.96. The first-order valence-electron chi connectivity index (χ1n) is 10.6. The zero-order chi connectivity index (χ0) is 21.7. The van der Waals surface area contributed by atoms with Crippen molar-refractivity contribution >= 4 is 45.7 Å². The van der Waals surface area contributed by atoms with Crippen molar-refractivity contribution in [3.8, 4) is 0 Å². The molecule has 3 aromatic carbocycles. The molecule has 2 aliphatic rings. The SMILES string of the molecule is O=c1c(=Cc2ccccc2I)sc2n1C(c1ccccc1)C1=C(N=2)c2ccccc2CC1. The van der Waals surface area contributed by atoms with Gasteiger partial charge in [-0.2, -0.15) is 0 Å². The van der Waals surface area contributed by atoms with E-state index in [1.165, 1.54) is 28.0 Å². The molecule has 1 aromatic heterocycles. The van der Waals surface area contributed by atoms with Crippen LogP contribution in [0.4, 0.5) is 0 Å². The van der Waals surface area contributed by atoms with Crippen molar-refractivity contribution in [2.45, 2.75) is 18.9 Å². The van der Waals surface area contributed by atoms with Gasteiger partial charge in [-0.15, -0.1) is 0 Å². The second kappa shape index (κ2) is 7.98. The topological polar surface area (TPSA) is 34.4 Å². The number of benzene rings is 3. The third kappa shape index (κ3) is 3.22. The van der Waals surface area contributed by atoms with E-state index >= 15 is 0 Å². The van der Waals surface area contributed by atoms with Crippen molar-refractivity contribution in [1.29, 1.82) is 0 Å². The highest BCUT2D eigenvalue weighted by molar-refractivity contribution is 14.1. The van der Waals surface area contributed by atoms with E-state index in [9.17, 15) is 4.79 Å². The van der Waals surface area contributed by atoms with Crippen molar-refractivity contribution in [2.24, 2.45) is 4.99 Å². The molecule has 0 bridgehead atoms. The summed E-state index contributed by atoms with van der Waals surface area (Å²) < 4.78 is 3.76. The van der Waals surface area contributed by atoms with Crippen LogP contribution in [-0.2, 0) is 6.42 Å². The summed E-state index contributed by atoms with van der Waals surface area (Å²) in [6.45, 7) is 0. The number of fused-ring (bicyclic) bond motifs is 3. The Morgan fingerprint density at radius 1 is 0.938 bits per heavy atom.